The van der Waals surface area contributed by atoms with Crippen molar-refractivity contribution in [2.75, 3.05) is 13.7 Å². The third-order valence-corrected chi connectivity index (χ3v) is 1.75. The van der Waals surface area contributed by atoms with Crippen molar-refractivity contribution >= 4 is 0 Å². The van der Waals surface area contributed by atoms with Crippen molar-refractivity contribution in [1.29, 1.82) is 0 Å². The number of ether oxygens (including phenoxy) is 1. The summed E-state index contributed by atoms with van der Waals surface area (Å²) in [6, 6.07) is 0.192. The summed E-state index contributed by atoms with van der Waals surface area (Å²) in [6.45, 7) is 6.92. The Labute approximate surface area is 57.4 Å². The molecule has 0 rings (SSSR count). The fourth-order valence-corrected chi connectivity index (χ4v) is 0.503. The molecule has 0 aliphatic rings. The van der Waals surface area contributed by atoms with Gasteiger partial charge in [0, 0.05) is 18.6 Å². The lowest BCUT2D eigenvalue weighted by Gasteiger charge is -2.27. The maximum atomic E-state index is 5.68. The van der Waals surface area contributed by atoms with Crippen LogP contribution in [0.1, 0.15) is 20.8 Å². The highest BCUT2D eigenvalue weighted by atomic mass is 16.5. The van der Waals surface area contributed by atoms with Gasteiger partial charge in [-0.15, -0.1) is 0 Å². The topological polar surface area (TPSA) is 35.2 Å². The van der Waals surface area contributed by atoms with Crippen molar-refractivity contribution in [2.45, 2.75) is 26.8 Å². The smallest absolute Gasteiger partial charge is 0.0528 e. The zero-order valence-corrected chi connectivity index (χ0v) is 6.77. The predicted octanol–water partition coefficient (Wildman–Crippen LogP) is 1.01. The van der Waals surface area contributed by atoms with Crippen LogP contribution in [-0.4, -0.2) is 19.8 Å². The summed E-state index contributed by atoms with van der Waals surface area (Å²) in [5.74, 6) is 0. The van der Waals surface area contributed by atoms with Gasteiger partial charge in [-0.1, -0.05) is 13.8 Å². The monoisotopic (exact) mass is 131 g/mol. The summed E-state index contributed by atoms with van der Waals surface area (Å²) in [5, 5.41) is 0. The Morgan fingerprint density at radius 1 is 1.56 bits per heavy atom. The van der Waals surface area contributed by atoms with Crippen LogP contribution in [0.25, 0.3) is 0 Å². The molecule has 0 spiro atoms. The Morgan fingerprint density at radius 2 is 2.00 bits per heavy atom. The number of rotatable bonds is 3. The van der Waals surface area contributed by atoms with Crippen molar-refractivity contribution in [3.05, 3.63) is 0 Å². The molecule has 0 saturated heterocycles. The average Bonchev–Trinajstić information content (AvgIpc) is 1.65. The van der Waals surface area contributed by atoms with Crippen molar-refractivity contribution in [3.63, 3.8) is 0 Å². The Bertz CT molecular complexity index is 79.0. The molecule has 0 fully saturated rings. The third kappa shape index (κ3) is 2.82. The number of nitrogens with two attached hydrogens (primary N) is 1. The van der Waals surface area contributed by atoms with Crippen molar-refractivity contribution in [3.8, 4) is 0 Å². The SMILES string of the molecule is COCC(C)(C)[C@H](C)N. The summed E-state index contributed by atoms with van der Waals surface area (Å²) in [6.07, 6.45) is 0. The van der Waals surface area contributed by atoms with Crippen LogP contribution in [0.2, 0.25) is 0 Å². The number of hydrogen-bond donors (Lipinski definition) is 1. The van der Waals surface area contributed by atoms with Crippen LogP contribution in [0.5, 0.6) is 0 Å². The van der Waals surface area contributed by atoms with E-state index in [1.54, 1.807) is 7.11 Å². The van der Waals surface area contributed by atoms with E-state index in [4.69, 9.17) is 10.5 Å². The molecule has 56 valence electrons. The van der Waals surface area contributed by atoms with Crippen molar-refractivity contribution in [2.24, 2.45) is 11.1 Å². The second kappa shape index (κ2) is 3.18. The zero-order chi connectivity index (χ0) is 7.49. The molecule has 2 nitrogen and oxygen atoms in total. The normalized spacial score (nSPS) is 15.7. The molecule has 0 aliphatic heterocycles. The van der Waals surface area contributed by atoms with Gasteiger partial charge in [-0.3, -0.25) is 0 Å². The van der Waals surface area contributed by atoms with Crippen molar-refractivity contribution in [1.82, 2.24) is 0 Å². The Balaban J connectivity index is 3.70. The van der Waals surface area contributed by atoms with E-state index in [0.29, 0.717) is 0 Å². The molecule has 0 unspecified atom stereocenters. The summed E-state index contributed by atoms with van der Waals surface area (Å²) < 4.78 is 4.99. The largest absolute Gasteiger partial charge is 0.384 e. The van der Waals surface area contributed by atoms with Gasteiger partial charge in [0.15, 0.2) is 0 Å². The van der Waals surface area contributed by atoms with Gasteiger partial charge in [0.2, 0.25) is 0 Å². The van der Waals surface area contributed by atoms with E-state index in [1.807, 2.05) is 6.92 Å². The highest BCUT2D eigenvalue weighted by Crippen LogP contribution is 2.18. The van der Waals surface area contributed by atoms with E-state index < -0.39 is 0 Å². The van der Waals surface area contributed by atoms with Gasteiger partial charge in [-0.25, -0.2) is 0 Å². The molecule has 0 amide bonds. The molecule has 0 aromatic carbocycles. The Kier molecular flexibility index (Phi) is 3.15. The van der Waals surface area contributed by atoms with Gasteiger partial charge in [0.25, 0.3) is 0 Å². The van der Waals surface area contributed by atoms with E-state index in [9.17, 15) is 0 Å². The van der Waals surface area contributed by atoms with Gasteiger partial charge >= 0.3 is 0 Å². The minimum Gasteiger partial charge on any atom is -0.384 e. The van der Waals surface area contributed by atoms with Crippen LogP contribution in [0.3, 0.4) is 0 Å². The molecule has 0 saturated carbocycles. The maximum absolute atomic E-state index is 5.68. The first kappa shape index (κ1) is 8.92. The van der Waals surface area contributed by atoms with E-state index >= 15 is 0 Å². The first-order valence-corrected chi connectivity index (χ1v) is 3.25. The second-order valence-corrected chi connectivity index (χ2v) is 3.21. The van der Waals surface area contributed by atoms with E-state index in [0.717, 1.165) is 6.61 Å². The molecule has 9 heavy (non-hydrogen) atoms. The molecular formula is C7H17NO. The standard InChI is InChI=1S/C7H17NO/c1-6(8)7(2,3)5-9-4/h6H,5,8H2,1-4H3/t6-/m0/s1. The van der Waals surface area contributed by atoms with Gasteiger partial charge in [0.05, 0.1) is 6.61 Å². The van der Waals surface area contributed by atoms with Crippen LogP contribution in [0.4, 0.5) is 0 Å². The Morgan fingerprint density at radius 3 is 2.11 bits per heavy atom. The molecule has 0 radical (unpaired) electrons. The van der Waals surface area contributed by atoms with Crippen LogP contribution in [-0.2, 0) is 4.74 Å². The van der Waals surface area contributed by atoms with Gasteiger partial charge in [-0.2, -0.15) is 0 Å². The number of hydrogen-bond acceptors (Lipinski definition) is 2. The molecule has 0 aromatic heterocycles. The van der Waals surface area contributed by atoms with E-state index in [2.05, 4.69) is 13.8 Å². The highest BCUT2D eigenvalue weighted by Gasteiger charge is 2.21. The quantitative estimate of drug-likeness (QED) is 0.620. The molecule has 2 N–H and O–H groups in total. The van der Waals surface area contributed by atoms with Crippen LogP contribution in [0, 0.1) is 5.41 Å². The third-order valence-electron chi connectivity index (χ3n) is 1.75. The Hall–Kier alpha value is -0.0800. The van der Waals surface area contributed by atoms with Crippen LogP contribution < -0.4 is 5.73 Å². The molecule has 0 bridgehead atoms. The predicted molar refractivity (Wildman–Crippen MR) is 39.3 cm³/mol. The van der Waals surface area contributed by atoms with Crippen LogP contribution in [0.15, 0.2) is 0 Å². The zero-order valence-electron chi connectivity index (χ0n) is 6.77. The molecule has 0 heterocycles. The lowest BCUT2D eigenvalue weighted by molar-refractivity contribution is 0.0898. The highest BCUT2D eigenvalue weighted by molar-refractivity contribution is 4.76. The summed E-state index contributed by atoms with van der Waals surface area (Å²) in [7, 11) is 1.70. The second-order valence-electron chi connectivity index (χ2n) is 3.21. The van der Waals surface area contributed by atoms with Crippen molar-refractivity contribution < 1.29 is 4.74 Å². The molecule has 0 aromatic rings. The lowest BCUT2D eigenvalue weighted by Crippen LogP contribution is -2.37. The average molecular weight is 131 g/mol. The fourth-order valence-electron chi connectivity index (χ4n) is 0.503. The van der Waals surface area contributed by atoms with Crippen LogP contribution >= 0.6 is 0 Å². The summed E-state index contributed by atoms with van der Waals surface area (Å²) in [5.41, 5.74) is 5.78. The summed E-state index contributed by atoms with van der Waals surface area (Å²) >= 11 is 0. The van der Waals surface area contributed by atoms with E-state index in [-0.39, 0.29) is 11.5 Å². The fraction of sp³-hybridized carbons (Fsp3) is 1.00. The minimum atomic E-state index is 0.106. The molecular weight excluding hydrogens is 114 g/mol. The first-order valence-electron chi connectivity index (χ1n) is 3.25. The molecule has 0 aliphatic carbocycles. The van der Waals surface area contributed by atoms with Gasteiger partial charge in [0.1, 0.15) is 0 Å². The lowest BCUT2D eigenvalue weighted by atomic mass is 9.87. The molecule has 2 heteroatoms. The minimum absolute atomic E-state index is 0.106. The first-order chi connectivity index (χ1) is 4.00. The maximum Gasteiger partial charge on any atom is 0.0528 e. The number of methoxy groups -OCH3 is 1. The summed E-state index contributed by atoms with van der Waals surface area (Å²) in [4.78, 5) is 0. The van der Waals surface area contributed by atoms with E-state index in [1.165, 1.54) is 0 Å². The molecule has 1 atom stereocenters. The van der Waals surface area contributed by atoms with Gasteiger partial charge in [-0.05, 0) is 6.92 Å². The van der Waals surface area contributed by atoms with Gasteiger partial charge < -0.3 is 10.5 Å².